The number of amides is 1. The maximum Gasteiger partial charge on any atom is 0.262 e. The molecule has 0 aliphatic carbocycles. The van der Waals surface area contributed by atoms with Crippen LogP contribution in [0.2, 0.25) is 5.02 Å². The van der Waals surface area contributed by atoms with Gasteiger partial charge in [-0.25, -0.2) is 5.43 Å². The van der Waals surface area contributed by atoms with Crippen molar-refractivity contribution in [2.24, 2.45) is 5.10 Å². The lowest BCUT2D eigenvalue weighted by Crippen LogP contribution is -2.35. The third-order valence-electron chi connectivity index (χ3n) is 3.40. The number of carbonyl (C=O) groups is 1. The number of hydrogen-bond donors (Lipinski definition) is 2. The molecule has 0 saturated heterocycles. The lowest BCUT2D eigenvalue weighted by molar-refractivity contribution is -0.121. The summed E-state index contributed by atoms with van der Waals surface area (Å²) in [5.74, 6) is -0.212. The molecule has 0 heterocycles. The lowest BCUT2D eigenvalue weighted by atomic mass is 10.1. The van der Waals surface area contributed by atoms with Crippen LogP contribution in [0.3, 0.4) is 0 Å². The summed E-state index contributed by atoms with van der Waals surface area (Å²) in [5.41, 5.74) is 6.30. The number of nitrogens with one attached hydrogen (secondary N) is 2. The standard InChI is InChI=1S/C18H20ClN3O/c1-12-7-9-15(10-8-12)13(2)21-22-18(23)14(3)20-17-6-4-5-16(19)11-17/h4-11,14,20H,1-3H3,(H,22,23). The molecule has 0 aliphatic rings. The fourth-order valence-corrected chi connectivity index (χ4v) is 2.18. The monoisotopic (exact) mass is 329 g/mol. The molecule has 0 saturated carbocycles. The van der Waals surface area contributed by atoms with Crippen LogP contribution in [0.1, 0.15) is 25.0 Å². The second kappa shape index (κ2) is 7.79. The molecule has 2 aromatic rings. The molecule has 2 rings (SSSR count). The minimum absolute atomic E-state index is 0.212. The molecular weight excluding hydrogens is 310 g/mol. The minimum atomic E-state index is -0.428. The lowest BCUT2D eigenvalue weighted by Gasteiger charge is -2.14. The van der Waals surface area contributed by atoms with Gasteiger partial charge >= 0.3 is 0 Å². The predicted octanol–water partition coefficient (Wildman–Crippen LogP) is 3.99. The Balaban J connectivity index is 1.95. The number of carbonyl (C=O) groups excluding carboxylic acids is 1. The van der Waals surface area contributed by atoms with Gasteiger partial charge in [-0.05, 0) is 44.5 Å². The quantitative estimate of drug-likeness (QED) is 0.643. The molecule has 0 bridgehead atoms. The number of hydrogen-bond acceptors (Lipinski definition) is 3. The Bertz CT molecular complexity index is 710. The second-order valence-electron chi connectivity index (χ2n) is 5.42. The zero-order valence-electron chi connectivity index (χ0n) is 13.4. The van der Waals surface area contributed by atoms with Gasteiger partial charge in [-0.1, -0.05) is 47.5 Å². The molecular formula is C18H20ClN3O. The van der Waals surface area contributed by atoms with Gasteiger partial charge in [-0.3, -0.25) is 4.79 Å². The van der Waals surface area contributed by atoms with Gasteiger partial charge in [0.2, 0.25) is 0 Å². The van der Waals surface area contributed by atoms with Crippen LogP contribution in [0.4, 0.5) is 5.69 Å². The molecule has 1 atom stereocenters. The van der Waals surface area contributed by atoms with E-state index in [1.807, 2.05) is 50.2 Å². The Hall–Kier alpha value is -2.33. The number of aryl methyl sites for hydroxylation is 1. The Labute approximate surface area is 141 Å². The molecule has 2 N–H and O–H groups in total. The van der Waals surface area contributed by atoms with Gasteiger partial charge in [-0.2, -0.15) is 5.10 Å². The van der Waals surface area contributed by atoms with E-state index in [9.17, 15) is 4.79 Å². The van der Waals surface area contributed by atoms with E-state index in [2.05, 4.69) is 15.8 Å². The van der Waals surface area contributed by atoms with Crippen molar-refractivity contribution in [1.29, 1.82) is 0 Å². The number of benzene rings is 2. The van der Waals surface area contributed by atoms with E-state index in [0.717, 1.165) is 17.0 Å². The van der Waals surface area contributed by atoms with Crippen LogP contribution >= 0.6 is 11.6 Å². The highest BCUT2D eigenvalue weighted by Gasteiger charge is 2.12. The second-order valence-corrected chi connectivity index (χ2v) is 5.85. The van der Waals surface area contributed by atoms with Crippen molar-refractivity contribution in [1.82, 2.24) is 5.43 Å². The Kier molecular flexibility index (Phi) is 5.77. The van der Waals surface area contributed by atoms with Crippen LogP contribution in [0.25, 0.3) is 0 Å². The summed E-state index contributed by atoms with van der Waals surface area (Å²) >= 11 is 5.93. The molecule has 0 spiro atoms. The maximum atomic E-state index is 12.1. The normalized spacial score (nSPS) is 12.6. The van der Waals surface area contributed by atoms with E-state index < -0.39 is 6.04 Å². The minimum Gasteiger partial charge on any atom is -0.374 e. The highest BCUT2D eigenvalue weighted by molar-refractivity contribution is 6.30. The maximum absolute atomic E-state index is 12.1. The van der Waals surface area contributed by atoms with Gasteiger partial charge in [0, 0.05) is 10.7 Å². The van der Waals surface area contributed by atoms with Crippen LogP contribution in [0.5, 0.6) is 0 Å². The average molecular weight is 330 g/mol. The highest BCUT2D eigenvalue weighted by atomic mass is 35.5. The highest BCUT2D eigenvalue weighted by Crippen LogP contribution is 2.15. The third-order valence-corrected chi connectivity index (χ3v) is 3.64. The summed E-state index contributed by atoms with van der Waals surface area (Å²) in [6.07, 6.45) is 0. The van der Waals surface area contributed by atoms with Gasteiger partial charge < -0.3 is 5.32 Å². The van der Waals surface area contributed by atoms with Crippen LogP contribution in [0, 0.1) is 6.92 Å². The summed E-state index contributed by atoms with van der Waals surface area (Å²) in [4.78, 5) is 12.1. The summed E-state index contributed by atoms with van der Waals surface area (Å²) in [6, 6.07) is 14.8. The topological polar surface area (TPSA) is 53.5 Å². The Morgan fingerprint density at radius 1 is 1.17 bits per heavy atom. The molecule has 4 nitrogen and oxygen atoms in total. The van der Waals surface area contributed by atoms with E-state index in [1.54, 1.807) is 19.1 Å². The van der Waals surface area contributed by atoms with Gasteiger partial charge in [0.25, 0.3) is 5.91 Å². The summed E-state index contributed by atoms with van der Waals surface area (Å²) in [5, 5.41) is 7.86. The molecule has 1 unspecified atom stereocenters. The number of halogens is 1. The number of hydrazone groups is 1. The van der Waals surface area contributed by atoms with Crippen molar-refractivity contribution in [3.05, 3.63) is 64.7 Å². The van der Waals surface area contributed by atoms with Crippen LogP contribution in [-0.4, -0.2) is 17.7 Å². The molecule has 2 aromatic carbocycles. The molecule has 0 radical (unpaired) electrons. The fourth-order valence-electron chi connectivity index (χ4n) is 1.99. The summed E-state index contributed by atoms with van der Waals surface area (Å²) in [6.45, 7) is 5.66. The average Bonchev–Trinajstić information content (AvgIpc) is 2.53. The first kappa shape index (κ1) is 17.0. The summed E-state index contributed by atoms with van der Waals surface area (Å²) < 4.78 is 0. The van der Waals surface area contributed by atoms with Crippen molar-refractivity contribution in [2.45, 2.75) is 26.8 Å². The van der Waals surface area contributed by atoms with E-state index in [1.165, 1.54) is 5.56 Å². The Morgan fingerprint density at radius 2 is 1.87 bits per heavy atom. The number of rotatable bonds is 5. The molecule has 0 aromatic heterocycles. The first-order chi connectivity index (χ1) is 11.0. The third kappa shape index (κ3) is 5.11. The largest absolute Gasteiger partial charge is 0.374 e. The van der Waals surface area contributed by atoms with E-state index in [0.29, 0.717) is 5.02 Å². The van der Waals surface area contributed by atoms with Gasteiger partial charge in [0.1, 0.15) is 6.04 Å². The van der Waals surface area contributed by atoms with Crippen molar-refractivity contribution >= 4 is 28.9 Å². The summed E-state index contributed by atoms with van der Waals surface area (Å²) in [7, 11) is 0. The van der Waals surface area contributed by atoms with Crippen molar-refractivity contribution < 1.29 is 4.79 Å². The molecule has 120 valence electrons. The molecule has 23 heavy (non-hydrogen) atoms. The fraction of sp³-hybridized carbons (Fsp3) is 0.222. The molecule has 1 amide bonds. The molecule has 5 heteroatoms. The van der Waals surface area contributed by atoms with Gasteiger partial charge in [-0.15, -0.1) is 0 Å². The van der Waals surface area contributed by atoms with E-state index in [4.69, 9.17) is 11.6 Å². The zero-order chi connectivity index (χ0) is 16.8. The van der Waals surface area contributed by atoms with Crippen LogP contribution in [0.15, 0.2) is 53.6 Å². The predicted molar refractivity (Wildman–Crippen MR) is 96.1 cm³/mol. The first-order valence-corrected chi connectivity index (χ1v) is 7.77. The Morgan fingerprint density at radius 3 is 2.52 bits per heavy atom. The first-order valence-electron chi connectivity index (χ1n) is 7.39. The van der Waals surface area contributed by atoms with Crippen LogP contribution in [-0.2, 0) is 4.79 Å². The molecule has 0 aliphatic heterocycles. The van der Waals surface area contributed by atoms with E-state index >= 15 is 0 Å². The van der Waals surface area contributed by atoms with Gasteiger partial charge in [0.15, 0.2) is 0 Å². The van der Waals surface area contributed by atoms with E-state index in [-0.39, 0.29) is 5.91 Å². The zero-order valence-corrected chi connectivity index (χ0v) is 14.2. The van der Waals surface area contributed by atoms with Crippen LogP contribution < -0.4 is 10.7 Å². The SMILES string of the molecule is CC(=NNC(=O)C(C)Nc1cccc(Cl)c1)c1ccc(C)cc1. The molecule has 0 fully saturated rings. The number of anilines is 1. The van der Waals surface area contributed by atoms with Crippen molar-refractivity contribution in [3.8, 4) is 0 Å². The van der Waals surface area contributed by atoms with Gasteiger partial charge in [0.05, 0.1) is 5.71 Å². The smallest absolute Gasteiger partial charge is 0.262 e. The van der Waals surface area contributed by atoms with Crippen molar-refractivity contribution in [3.63, 3.8) is 0 Å². The number of nitrogens with zero attached hydrogens (tertiary/aromatic N) is 1. The van der Waals surface area contributed by atoms with Crippen molar-refractivity contribution in [2.75, 3.05) is 5.32 Å².